The van der Waals surface area contributed by atoms with E-state index in [9.17, 15) is 0 Å². The van der Waals surface area contributed by atoms with Gasteiger partial charge in [-0.1, -0.05) is 18.2 Å². The van der Waals surface area contributed by atoms with Crippen molar-refractivity contribution in [3.05, 3.63) is 73.1 Å². The van der Waals surface area contributed by atoms with Gasteiger partial charge in [-0.05, 0) is 42.0 Å². The number of nitrogens with zero attached hydrogens (tertiary/aromatic N) is 1. The third-order valence-electron chi connectivity index (χ3n) is 3.23. The molecule has 0 spiro atoms. The zero-order valence-electron chi connectivity index (χ0n) is 11.8. The normalized spacial score (nSPS) is 10.1. The summed E-state index contributed by atoms with van der Waals surface area (Å²) in [5.74, 6) is 1.64. The first kappa shape index (κ1) is 13.2. The molecule has 3 nitrogen and oxygen atoms in total. The minimum absolute atomic E-state index is 0.819. The van der Waals surface area contributed by atoms with Crippen molar-refractivity contribution < 1.29 is 4.74 Å². The number of rotatable bonds is 4. The molecule has 0 saturated carbocycles. The molecule has 0 aliphatic heterocycles. The van der Waals surface area contributed by atoms with Crippen molar-refractivity contribution in [3.63, 3.8) is 0 Å². The molecule has 0 fully saturated rings. The number of pyridine rings is 1. The SMILES string of the molecule is CNc1ccc(-c2ccncc2)c(Oc2ccccc2)c1. The number of para-hydroxylation sites is 1. The van der Waals surface area contributed by atoms with Gasteiger partial charge in [0, 0.05) is 36.8 Å². The van der Waals surface area contributed by atoms with E-state index in [0.29, 0.717) is 0 Å². The van der Waals surface area contributed by atoms with Crippen LogP contribution in [0.15, 0.2) is 73.1 Å². The van der Waals surface area contributed by atoms with E-state index in [1.54, 1.807) is 12.4 Å². The first-order chi connectivity index (χ1) is 10.4. The molecule has 0 radical (unpaired) electrons. The number of hydrogen-bond donors (Lipinski definition) is 1. The Labute approximate surface area is 124 Å². The van der Waals surface area contributed by atoms with Gasteiger partial charge < -0.3 is 10.1 Å². The molecule has 0 aliphatic carbocycles. The Morgan fingerprint density at radius 2 is 1.67 bits per heavy atom. The Hall–Kier alpha value is -2.81. The highest BCUT2D eigenvalue weighted by molar-refractivity contribution is 5.73. The van der Waals surface area contributed by atoms with E-state index in [2.05, 4.69) is 16.4 Å². The quantitative estimate of drug-likeness (QED) is 0.757. The summed E-state index contributed by atoms with van der Waals surface area (Å²) in [6.45, 7) is 0. The summed E-state index contributed by atoms with van der Waals surface area (Å²) < 4.78 is 6.05. The second-order valence-corrected chi connectivity index (χ2v) is 4.61. The van der Waals surface area contributed by atoms with Crippen LogP contribution in [0.5, 0.6) is 11.5 Å². The van der Waals surface area contributed by atoms with E-state index in [1.807, 2.05) is 61.6 Å². The number of aromatic nitrogens is 1. The Morgan fingerprint density at radius 3 is 2.38 bits per heavy atom. The summed E-state index contributed by atoms with van der Waals surface area (Å²) in [4.78, 5) is 4.07. The Kier molecular flexibility index (Phi) is 3.83. The predicted octanol–water partition coefficient (Wildman–Crippen LogP) is 4.58. The Morgan fingerprint density at radius 1 is 0.905 bits per heavy atom. The number of benzene rings is 2. The van der Waals surface area contributed by atoms with Crippen LogP contribution in [0, 0.1) is 0 Å². The molecule has 3 aromatic rings. The zero-order chi connectivity index (χ0) is 14.5. The molecule has 0 atom stereocenters. The van der Waals surface area contributed by atoms with Crippen LogP contribution in [0.2, 0.25) is 0 Å². The van der Waals surface area contributed by atoms with Crippen molar-refractivity contribution in [1.82, 2.24) is 4.98 Å². The highest BCUT2D eigenvalue weighted by Gasteiger charge is 2.08. The number of anilines is 1. The van der Waals surface area contributed by atoms with Crippen LogP contribution in [0.1, 0.15) is 0 Å². The van der Waals surface area contributed by atoms with Crippen molar-refractivity contribution in [1.29, 1.82) is 0 Å². The molecular formula is C18H16N2O. The van der Waals surface area contributed by atoms with Crippen molar-refractivity contribution in [2.45, 2.75) is 0 Å². The molecule has 1 aromatic heterocycles. The highest BCUT2D eigenvalue weighted by atomic mass is 16.5. The second-order valence-electron chi connectivity index (χ2n) is 4.61. The number of hydrogen-bond acceptors (Lipinski definition) is 3. The molecule has 104 valence electrons. The molecular weight excluding hydrogens is 260 g/mol. The lowest BCUT2D eigenvalue weighted by atomic mass is 10.1. The van der Waals surface area contributed by atoms with E-state index in [0.717, 1.165) is 28.3 Å². The number of ether oxygens (including phenoxy) is 1. The Bertz CT molecular complexity index is 712. The smallest absolute Gasteiger partial charge is 0.137 e. The molecule has 0 aliphatic rings. The Balaban J connectivity index is 2.04. The molecule has 0 bridgehead atoms. The van der Waals surface area contributed by atoms with E-state index >= 15 is 0 Å². The standard InChI is InChI=1S/C18H16N2O/c1-19-15-7-8-17(14-9-11-20-12-10-14)18(13-15)21-16-5-3-2-4-6-16/h2-13,19H,1H3. The first-order valence-electron chi connectivity index (χ1n) is 6.82. The number of nitrogens with one attached hydrogen (secondary N) is 1. The molecule has 3 rings (SSSR count). The van der Waals surface area contributed by atoms with Gasteiger partial charge in [-0.25, -0.2) is 0 Å². The predicted molar refractivity (Wildman–Crippen MR) is 85.7 cm³/mol. The largest absolute Gasteiger partial charge is 0.457 e. The summed E-state index contributed by atoms with van der Waals surface area (Å²) in [6, 6.07) is 19.8. The lowest BCUT2D eigenvalue weighted by molar-refractivity contribution is 0.485. The first-order valence-corrected chi connectivity index (χ1v) is 6.82. The van der Waals surface area contributed by atoms with Gasteiger partial charge in [-0.2, -0.15) is 0 Å². The molecule has 2 aromatic carbocycles. The highest BCUT2D eigenvalue weighted by Crippen LogP contribution is 2.35. The van der Waals surface area contributed by atoms with Gasteiger partial charge >= 0.3 is 0 Å². The lowest BCUT2D eigenvalue weighted by Crippen LogP contribution is -1.92. The van der Waals surface area contributed by atoms with Crippen LogP contribution in [0.4, 0.5) is 5.69 Å². The fourth-order valence-electron chi connectivity index (χ4n) is 2.15. The molecule has 1 N–H and O–H groups in total. The van der Waals surface area contributed by atoms with Gasteiger partial charge in [-0.15, -0.1) is 0 Å². The zero-order valence-corrected chi connectivity index (χ0v) is 11.8. The average molecular weight is 276 g/mol. The van der Waals surface area contributed by atoms with E-state index < -0.39 is 0 Å². The van der Waals surface area contributed by atoms with Gasteiger partial charge in [0.1, 0.15) is 11.5 Å². The minimum Gasteiger partial charge on any atom is -0.457 e. The van der Waals surface area contributed by atoms with Crippen LogP contribution in [-0.2, 0) is 0 Å². The second kappa shape index (κ2) is 6.09. The van der Waals surface area contributed by atoms with Gasteiger partial charge in [0.05, 0.1) is 0 Å². The van der Waals surface area contributed by atoms with Crippen LogP contribution in [0.3, 0.4) is 0 Å². The molecule has 1 heterocycles. The van der Waals surface area contributed by atoms with Crippen LogP contribution >= 0.6 is 0 Å². The fraction of sp³-hybridized carbons (Fsp3) is 0.0556. The average Bonchev–Trinajstić information content (AvgIpc) is 2.56. The fourth-order valence-corrected chi connectivity index (χ4v) is 2.15. The van der Waals surface area contributed by atoms with Gasteiger partial charge in [0.25, 0.3) is 0 Å². The minimum atomic E-state index is 0.819. The van der Waals surface area contributed by atoms with Crippen molar-refractivity contribution in [2.24, 2.45) is 0 Å². The van der Waals surface area contributed by atoms with Crippen LogP contribution in [-0.4, -0.2) is 12.0 Å². The summed E-state index contributed by atoms with van der Waals surface area (Å²) in [7, 11) is 1.90. The third kappa shape index (κ3) is 3.03. The molecule has 21 heavy (non-hydrogen) atoms. The maximum Gasteiger partial charge on any atom is 0.137 e. The van der Waals surface area contributed by atoms with Gasteiger partial charge in [0.15, 0.2) is 0 Å². The maximum absolute atomic E-state index is 6.05. The van der Waals surface area contributed by atoms with Gasteiger partial charge in [0.2, 0.25) is 0 Å². The summed E-state index contributed by atoms with van der Waals surface area (Å²) in [5, 5.41) is 3.14. The molecule has 0 unspecified atom stereocenters. The topological polar surface area (TPSA) is 34.2 Å². The third-order valence-corrected chi connectivity index (χ3v) is 3.23. The van der Waals surface area contributed by atoms with Crippen molar-refractivity contribution in [3.8, 4) is 22.6 Å². The summed E-state index contributed by atoms with van der Waals surface area (Å²) >= 11 is 0. The maximum atomic E-state index is 6.05. The monoisotopic (exact) mass is 276 g/mol. The van der Waals surface area contributed by atoms with Crippen LogP contribution in [0.25, 0.3) is 11.1 Å². The van der Waals surface area contributed by atoms with E-state index in [4.69, 9.17) is 4.74 Å². The van der Waals surface area contributed by atoms with Crippen molar-refractivity contribution >= 4 is 5.69 Å². The molecule has 0 saturated heterocycles. The van der Waals surface area contributed by atoms with Crippen molar-refractivity contribution in [2.75, 3.05) is 12.4 Å². The lowest BCUT2D eigenvalue weighted by Gasteiger charge is -2.13. The van der Waals surface area contributed by atoms with Gasteiger partial charge in [-0.3, -0.25) is 4.98 Å². The summed E-state index contributed by atoms with van der Waals surface area (Å²) in [5.41, 5.74) is 3.14. The van der Waals surface area contributed by atoms with Crippen LogP contribution < -0.4 is 10.1 Å². The van der Waals surface area contributed by atoms with E-state index in [1.165, 1.54) is 0 Å². The summed E-state index contributed by atoms with van der Waals surface area (Å²) in [6.07, 6.45) is 3.57. The molecule has 3 heteroatoms. The molecule has 0 amide bonds. The van der Waals surface area contributed by atoms with E-state index in [-0.39, 0.29) is 0 Å².